The Morgan fingerprint density at radius 2 is 1.16 bits per heavy atom. The number of nitrogens with zero attached hydrogens (tertiary/aromatic N) is 4. The highest BCUT2D eigenvalue weighted by molar-refractivity contribution is 5.78. The summed E-state index contributed by atoms with van der Waals surface area (Å²) in [5.74, 6) is 5.68. The fourth-order valence-electron chi connectivity index (χ4n) is 12.6. The van der Waals surface area contributed by atoms with Crippen LogP contribution in [0, 0.1) is 13.8 Å². The lowest BCUT2D eigenvalue weighted by Gasteiger charge is -2.68. The summed E-state index contributed by atoms with van der Waals surface area (Å²) in [6.45, 7) is 5.72. The van der Waals surface area contributed by atoms with Crippen molar-refractivity contribution in [2.24, 2.45) is 11.5 Å². The molecule has 4 aliphatic heterocycles. The number of H-pyrrole nitrogens is 2. The molecule has 2 unspecified atom stereocenters. The molecule has 6 aliphatic rings. The van der Waals surface area contributed by atoms with Crippen LogP contribution in [-0.2, 0) is 29.9 Å². The molecule has 14 nitrogen and oxygen atoms in total. The van der Waals surface area contributed by atoms with Gasteiger partial charge >= 0.3 is 12.2 Å². The predicted octanol–water partition coefficient (Wildman–Crippen LogP) is 5.65. The first-order valence-corrected chi connectivity index (χ1v) is 20.4. The van der Waals surface area contributed by atoms with Gasteiger partial charge in [-0.1, -0.05) is 36.4 Å². The van der Waals surface area contributed by atoms with Gasteiger partial charge in [-0.15, -0.1) is 0 Å². The van der Waals surface area contributed by atoms with E-state index in [2.05, 4.69) is 69.8 Å². The number of rotatable bonds is 7. The number of benzene rings is 2. The summed E-state index contributed by atoms with van der Waals surface area (Å²) in [5, 5.41) is 0. The van der Waals surface area contributed by atoms with Crippen LogP contribution in [0.2, 0.25) is 0 Å². The highest BCUT2D eigenvalue weighted by atomic mass is 16.6. The third-order valence-corrected chi connectivity index (χ3v) is 14.8. The van der Waals surface area contributed by atoms with Gasteiger partial charge in [0.1, 0.15) is 34.4 Å². The van der Waals surface area contributed by atoms with Crippen LogP contribution in [0.25, 0.3) is 33.6 Å². The average molecular weight is 783 g/mol. The smallest absolute Gasteiger partial charge is 0.406 e. The minimum atomic E-state index is -1.07. The molecule has 6 fully saturated rings. The van der Waals surface area contributed by atoms with Crippen LogP contribution in [0.15, 0.2) is 59.9 Å². The number of amides is 2. The Kier molecular flexibility index (Phi) is 8.11. The van der Waals surface area contributed by atoms with E-state index in [0.29, 0.717) is 61.3 Å². The van der Waals surface area contributed by atoms with Crippen molar-refractivity contribution in [2.75, 3.05) is 13.1 Å². The molecule has 2 aromatic heterocycles. The molecule has 0 spiro atoms. The number of carbonyl (C=O) groups excluding carboxylic acids is 4. The number of ether oxygens (including phenoxy) is 2. The summed E-state index contributed by atoms with van der Waals surface area (Å²) >= 11 is 0. The van der Waals surface area contributed by atoms with Crippen LogP contribution in [0.5, 0.6) is 0 Å². The van der Waals surface area contributed by atoms with Crippen molar-refractivity contribution >= 4 is 24.1 Å². The molecular weight excluding hydrogens is 737 g/mol. The quantitative estimate of drug-likeness (QED) is 0.170. The summed E-state index contributed by atoms with van der Waals surface area (Å²) < 4.78 is 11.9. The number of nitrogens with one attached hydrogen (secondary N) is 2. The van der Waals surface area contributed by atoms with Crippen molar-refractivity contribution in [3.8, 4) is 33.6 Å². The molecule has 6 heterocycles. The van der Waals surface area contributed by atoms with Crippen molar-refractivity contribution in [3.05, 3.63) is 82.7 Å². The zero-order chi connectivity index (χ0) is 40.2. The zero-order valence-corrected chi connectivity index (χ0v) is 32.7. The molecule has 2 amide bonds. The van der Waals surface area contributed by atoms with E-state index in [4.69, 9.17) is 30.9 Å². The Balaban J connectivity index is 0.952. The number of hydrogen-bond donors (Lipinski definition) is 4. The van der Waals surface area contributed by atoms with Crippen LogP contribution in [-0.4, -0.2) is 90.4 Å². The van der Waals surface area contributed by atoms with Gasteiger partial charge in [0.25, 0.3) is 0 Å². The predicted molar refractivity (Wildman–Crippen MR) is 212 cm³/mol. The molecule has 4 aromatic rings. The summed E-state index contributed by atoms with van der Waals surface area (Å²) in [7, 11) is 0. The van der Waals surface area contributed by atoms with Gasteiger partial charge in [-0.25, -0.2) is 29.1 Å². The second-order valence-electron chi connectivity index (χ2n) is 16.9. The van der Waals surface area contributed by atoms with Gasteiger partial charge < -0.3 is 30.9 Å². The van der Waals surface area contributed by atoms with Gasteiger partial charge in [0.2, 0.25) is 0 Å². The van der Waals surface area contributed by atoms with Crippen molar-refractivity contribution < 1.29 is 28.7 Å². The number of hydrogen-bond acceptors (Lipinski definition) is 10. The van der Waals surface area contributed by atoms with Gasteiger partial charge in [0.05, 0.1) is 23.8 Å². The largest absolute Gasteiger partial charge is 0.426 e. The van der Waals surface area contributed by atoms with Crippen molar-refractivity contribution in [1.82, 2.24) is 29.7 Å². The molecule has 2 aliphatic carbocycles. The van der Waals surface area contributed by atoms with Gasteiger partial charge in [-0.2, -0.15) is 0 Å². The standard InChI is InChI=1S/C44H46N8O6/c1-25-26(2)32(34-22-48-38(50-34)44-30(24-54)8-4-18-42(44,58-40(46)56)52-20-6-10-36(44)52)16-15-31(25)27-11-13-28(14-12-27)33-21-47-37(49-33)43-29(23-53)7-3-17-41(43,57-39(45)55)51-19-5-9-35(43)51/h11-16,21-22,35-36H,3-10,17-20H2,1-2H3,(H2,45,55)(H2,46,56)(H,47,49)(H,48,50)/t35?,36?,41-,42-,43-,44-/m1/s1. The van der Waals surface area contributed by atoms with E-state index in [9.17, 15) is 19.2 Å². The van der Waals surface area contributed by atoms with E-state index in [0.717, 1.165) is 83.5 Å². The molecular formula is C44H46N8O6. The Morgan fingerprint density at radius 1 is 0.690 bits per heavy atom. The maximum atomic E-state index is 12.6. The Morgan fingerprint density at radius 3 is 1.67 bits per heavy atom. The first-order chi connectivity index (χ1) is 28.1. The Hall–Kier alpha value is -5.78. The summed E-state index contributed by atoms with van der Waals surface area (Å²) in [6, 6.07) is 12.4. The van der Waals surface area contributed by atoms with Crippen LogP contribution in [0.4, 0.5) is 9.59 Å². The van der Waals surface area contributed by atoms with Crippen molar-refractivity contribution in [2.45, 2.75) is 112 Å². The molecule has 58 heavy (non-hydrogen) atoms. The number of aromatic amines is 2. The van der Waals surface area contributed by atoms with E-state index < -0.39 is 34.5 Å². The number of imidazole rings is 2. The molecule has 0 bridgehead atoms. The highest BCUT2D eigenvalue weighted by Gasteiger charge is 2.80. The van der Waals surface area contributed by atoms with Crippen LogP contribution in [0.3, 0.4) is 0 Å². The number of carbonyl (C=O) groups is 2. The average Bonchev–Trinajstić information content (AvgIpc) is 4.05. The highest BCUT2D eigenvalue weighted by Crippen LogP contribution is 2.67. The maximum Gasteiger partial charge on any atom is 0.406 e. The Labute approximate surface area is 335 Å². The number of primary amides is 2. The fourth-order valence-corrected chi connectivity index (χ4v) is 12.6. The van der Waals surface area contributed by atoms with E-state index in [1.54, 1.807) is 12.4 Å². The minimum Gasteiger partial charge on any atom is -0.426 e. The SMILES string of the molecule is Cc1c(-c2ccc(-c3cnc([C@]45C(=C=O)CCC[C@]4(OC(N)=O)N4CCCC45)[nH]3)cc2)ccc(-c2cnc([C@]34C(=C=O)CCC[C@]3(OC(N)=O)N3CCCC34)[nH]2)c1C. The third-order valence-electron chi connectivity index (χ3n) is 14.8. The van der Waals surface area contributed by atoms with Gasteiger partial charge in [-0.3, -0.25) is 9.80 Å². The van der Waals surface area contributed by atoms with Gasteiger partial charge in [-0.05, 0) is 93.0 Å². The van der Waals surface area contributed by atoms with E-state index in [-0.39, 0.29) is 12.1 Å². The third kappa shape index (κ3) is 4.46. The van der Waals surface area contributed by atoms with Crippen LogP contribution < -0.4 is 11.5 Å². The number of aromatic nitrogens is 4. The number of fused-ring (bicyclic) bond motifs is 8. The van der Waals surface area contributed by atoms with Crippen LogP contribution >= 0.6 is 0 Å². The fraction of sp³-hybridized carbons (Fsp3) is 0.455. The van der Waals surface area contributed by atoms with Crippen molar-refractivity contribution in [3.63, 3.8) is 0 Å². The molecule has 298 valence electrons. The van der Waals surface area contributed by atoms with E-state index in [1.165, 1.54) is 0 Å². The summed E-state index contributed by atoms with van der Waals surface area (Å²) in [5.41, 5.74) is 16.3. The van der Waals surface area contributed by atoms with E-state index >= 15 is 0 Å². The van der Waals surface area contributed by atoms with Crippen molar-refractivity contribution in [1.29, 1.82) is 0 Å². The lowest BCUT2D eigenvalue weighted by molar-refractivity contribution is -0.267. The molecule has 2 aromatic carbocycles. The molecule has 4 saturated heterocycles. The monoisotopic (exact) mass is 782 g/mol. The molecule has 2 saturated carbocycles. The first-order valence-electron chi connectivity index (χ1n) is 20.4. The molecule has 6 atom stereocenters. The second-order valence-corrected chi connectivity index (χ2v) is 16.9. The molecule has 14 heteroatoms. The number of nitrogens with two attached hydrogens (primary N) is 2. The second kappa shape index (κ2) is 12.9. The van der Waals surface area contributed by atoms with Crippen LogP contribution in [0.1, 0.15) is 87.0 Å². The molecule has 0 radical (unpaired) electrons. The van der Waals surface area contributed by atoms with Gasteiger partial charge in [0, 0.05) is 54.7 Å². The minimum absolute atomic E-state index is 0.0367. The first kappa shape index (κ1) is 36.6. The molecule has 6 N–H and O–H groups in total. The lowest BCUT2D eigenvalue weighted by atomic mass is 9.52. The maximum absolute atomic E-state index is 12.6. The van der Waals surface area contributed by atoms with E-state index in [1.807, 2.05) is 12.1 Å². The normalized spacial score (nSPS) is 31.1. The lowest BCUT2D eigenvalue weighted by Crippen LogP contribution is -2.83. The zero-order valence-electron chi connectivity index (χ0n) is 32.7. The Bertz CT molecular complexity index is 2500. The summed E-state index contributed by atoms with van der Waals surface area (Å²) in [4.78, 5) is 71.0. The van der Waals surface area contributed by atoms with Gasteiger partial charge in [0.15, 0.2) is 11.4 Å². The topological polar surface area (TPSA) is 203 Å². The summed E-state index contributed by atoms with van der Waals surface area (Å²) in [6.07, 6.45) is 9.04. The molecule has 10 rings (SSSR count).